The Morgan fingerprint density at radius 1 is 0.895 bits per heavy atom. The Balaban J connectivity index is 1.68. The smallest absolute Gasteiger partial charge is 0.115 e. The highest BCUT2D eigenvalue weighted by Gasteiger charge is 2.47. The van der Waals surface area contributed by atoms with Gasteiger partial charge in [-0.05, 0) is 85.5 Å². The van der Waals surface area contributed by atoms with E-state index in [0.717, 1.165) is 24.7 Å². The van der Waals surface area contributed by atoms with Crippen LogP contribution < -0.4 is 0 Å². The van der Waals surface area contributed by atoms with Gasteiger partial charge >= 0.3 is 0 Å². The fourth-order valence-corrected chi connectivity index (χ4v) is 5.19. The standard InChI is InChI=1S/C17H22O2/c18-11-2-4-12-10(9-11)1-3-14-13(12)5-6-16-15(14)7-8-17(16)19/h2,4,9,13-19H,1,3,5-8H2. The van der Waals surface area contributed by atoms with Crippen molar-refractivity contribution >= 4 is 0 Å². The van der Waals surface area contributed by atoms with Crippen molar-refractivity contribution in [2.24, 2.45) is 17.8 Å². The molecule has 0 heterocycles. The molecule has 5 unspecified atom stereocenters. The topological polar surface area (TPSA) is 40.5 Å². The van der Waals surface area contributed by atoms with E-state index in [0.29, 0.717) is 17.6 Å². The second kappa shape index (κ2) is 4.24. The normalized spacial score (nSPS) is 40.4. The predicted molar refractivity (Wildman–Crippen MR) is 74.1 cm³/mol. The van der Waals surface area contributed by atoms with E-state index >= 15 is 0 Å². The van der Waals surface area contributed by atoms with Crippen molar-refractivity contribution in [3.05, 3.63) is 29.3 Å². The molecule has 2 N–H and O–H groups in total. The number of aryl methyl sites for hydroxylation is 1. The summed E-state index contributed by atoms with van der Waals surface area (Å²) in [5, 5.41) is 19.7. The van der Waals surface area contributed by atoms with Gasteiger partial charge in [0.1, 0.15) is 5.75 Å². The quantitative estimate of drug-likeness (QED) is 0.750. The average Bonchev–Trinajstić information content (AvgIpc) is 2.80. The molecular formula is C17H22O2. The van der Waals surface area contributed by atoms with Crippen LogP contribution in [0.5, 0.6) is 5.75 Å². The molecule has 3 aliphatic rings. The molecule has 3 aliphatic carbocycles. The third-order valence-corrected chi connectivity index (χ3v) is 5.99. The van der Waals surface area contributed by atoms with E-state index in [9.17, 15) is 10.2 Å². The summed E-state index contributed by atoms with van der Waals surface area (Å²) in [6.07, 6.45) is 6.96. The lowest BCUT2D eigenvalue weighted by Crippen LogP contribution is -2.36. The number of rotatable bonds is 0. The monoisotopic (exact) mass is 258 g/mol. The molecule has 2 nitrogen and oxygen atoms in total. The molecule has 0 bridgehead atoms. The zero-order chi connectivity index (χ0) is 13.0. The molecule has 5 atom stereocenters. The van der Waals surface area contributed by atoms with E-state index < -0.39 is 0 Å². The van der Waals surface area contributed by atoms with Crippen LogP contribution >= 0.6 is 0 Å². The number of phenolic OH excluding ortho intramolecular Hbond substituents is 1. The number of aliphatic hydroxyl groups is 1. The number of hydrogen-bond donors (Lipinski definition) is 2. The van der Waals surface area contributed by atoms with E-state index in [1.165, 1.54) is 36.8 Å². The minimum atomic E-state index is -0.0350. The second-order valence-electron chi connectivity index (χ2n) is 6.74. The SMILES string of the molecule is Oc1ccc2c(c1)CCC1C2CCC2C(O)CCC21. The van der Waals surface area contributed by atoms with Gasteiger partial charge in [0.2, 0.25) is 0 Å². The molecule has 0 radical (unpaired) electrons. The predicted octanol–water partition coefficient (Wildman–Crippen LogP) is 3.22. The van der Waals surface area contributed by atoms with Gasteiger partial charge in [-0.25, -0.2) is 0 Å². The molecule has 1 aromatic rings. The number of hydrogen-bond acceptors (Lipinski definition) is 2. The van der Waals surface area contributed by atoms with Gasteiger partial charge in [-0.15, -0.1) is 0 Å². The van der Waals surface area contributed by atoms with E-state index in [4.69, 9.17) is 0 Å². The minimum Gasteiger partial charge on any atom is -0.508 e. The largest absolute Gasteiger partial charge is 0.508 e. The molecule has 2 saturated carbocycles. The molecule has 0 saturated heterocycles. The highest BCUT2D eigenvalue weighted by Crippen LogP contribution is 2.55. The fourth-order valence-electron chi connectivity index (χ4n) is 5.19. The van der Waals surface area contributed by atoms with E-state index in [-0.39, 0.29) is 6.10 Å². The minimum absolute atomic E-state index is 0.0350. The molecular weight excluding hydrogens is 236 g/mol. The summed E-state index contributed by atoms with van der Waals surface area (Å²) in [6.45, 7) is 0. The van der Waals surface area contributed by atoms with Crippen LogP contribution in [-0.2, 0) is 6.42 Å². The summed E-state index contributed by atoms with van der Waals surface area (Å²) >= 11 is 0. The van der Waals surface area contributed by atoms with Crippen molar-refractivity contribution in [2.45, 2.75) is 50.5 Å². The van der Waals surface area contributed by atoms with Crippen LogP contribution in [0.15, 0.2) is 18.2 Å². The Kier molecular flexibility index (Phi) is 2.63. The van der Waals surface area contributed by atoms with Gasteiger partial charge in [0.15, 0.2) is 0 Å². The molecule has 19 heavy (non-hydrogen) atoms. The molecule has 0 spiro atoms. The summed E-state index contributed by atoms with van der Waals surface area (Å²) < 4.78 is 0. The number of fused-ring (bicyclic) bond motifs is 5. The van der Waals surface area contributed by atoms with Gasteiger partial charge in [-0.1, -0.05) is 6.07 Å². The van der Waals surface area contributed by atoms with Crippen LogP contribution in [0.3, 0.4) is 0 Å². The lowest BCUT2D eigenvalue weighted by Gasteiger charge is -2.44. The Hall–Kier alpha value is -1.02. The van der Waals surface area contributed by atoms with Crippen molar-refractivity contribution in [1.29, 1.82) is 0 Å². The Morgan fingerprint density at radius 3 is 2.63 bits per heavy atom. The molecule has 4 rings (SSSR count). The lowest BCUT2D eigenvalue weighted by atomic mass is 9.61. The summed E-state index contributed by atoms with van der Waals surface area (Å²) in [4.78, 5) is 0. The van der Waals surface area contributed by atoms with Crippen molar-refractivity contribution in [3.63, 3.8) is 0 Å². The van der Waals surface area contributed by atoms with Crippen LogP contribution in [-0.4, -0.2) is 16.3 Å². The first-order chi connectivity index (χ1) is 9.24. The third-order valence-electron chi connectivity index (χ3n) is 5.99. The van der Waals surface area contributed by atoms with Gasteiger partial charge in [0, 0.05) is 0 Å². The van der Waals surface area contributed by atoms with E-state index in [1.807, 2.05) is 12.1 Å². The van der Waals surface area contributed by atoms with Gasteiger partial charge in [0.25, 0.3) is 0 Å². The fraction of sp³-hybridized carbons (Fsp3) is 0.647. The maximum atomic E-state index is 10.1. The molecule has 0 aromatic heterocycles. The van der Waals surface area contributed by atoms with Crippen LogP contribution in [0.4, 0.5) is 0 Å². The van der Waals surface area contributed by atoms with Crippen molar-refractivity contribution in [3.8, 4) is 5.75 Å². The Morgan fingerprint density at radius 2 is 1.74 bits per heavy atom. The molecule has 1 aromatic carbocycles. The summed E-state index contributed by atoms with van der Waals surface area (Å²) in [5.74, 6) is 3.17. The Bertz CT molecular complexity index is 496. The number of aliphatic hydroxyl groups excluding tert-OH is 1. The maximum absolute atomic E-state index is 10.1. The van der Waals surface area contributed by atoms with Crippen LogP contribution in [0.25, 0.3) is 0 Å². The summed E-state index contributed by atoms with van der Waals surface area (Å²) in [7, 11) is 0. The first kappa shape index (κ1) is 11.8. The first-order valence-electron chi connectivity index (χ1n) is 7.74. The molecule has 2 fully saturated rings. The van der Waals surface area contributed by atoms with Crippen molar-refractivity contribution < 1.29 is 10.2 Å². The number of aromatic hydroxyl groups is 1. The van der Waals surface area contributed by atoms with E-state index in [2.05, 4.69) is 6.07 Å². The molecule has 2 heteroatoms. The summed E-state index contributed by atoms with van der Waals surface area (Å²) in [5.41, 5.74) is 2.84. The van der Waals surface area contributed by atoms with Gasteiger partial charge in [0.05, 0.1) is 6.10 Å². The second-order valence-corrected chi connectivity index (χ2v) is 6.74. The highest BCUT2D eigenvalue weighted by molar-refractivity contribution is 5.39. The highest BCUT2D eigenvalue weighted by atomic mass is 16.3. The van der Waals surface area contributed by atoms with Gasteiger partial charge < -0.3 is 10.2 Å². The first-order valence-corrected chi connectivity index (χ1v) is 7.74. The van der Waals surface area contributed by atoms with Crippen LogP contribution in [0, 0.1) is 17.8 Å². The zero-order valence-electron chi connectivity index (χ0n) is 11.3. The Labute approximate surface area is 114 Å². The van der Waals surface area contributed by atoms with Gasteiger partial charge in [-0.3, -0.25) is 0 Å². The molecule has 0 aliphatic heterocycles. The van der Waals surface area contributed by atoms with Crippen molar-refractivity contribution in [1.82, 2.24) is 0 Å². The van der Waals surface area contributed by atoms with Crippen LogP contribution in [0.1, 0.15) is 49.1 Å². The molecule has 0 amide bonds. The molecule has 102 valence electrons. The van der Waals surface area contributed by atoms with Crippen molar-refractivity contribution in [2.75, 3.05) is 0 Å². The van der Waals surface area contributed by atoms with Crippen LogP contribution in [0.2, 0.25) is 0 Å². The van der Waals surface area contributed by atoms with E-state index in [1.54, 1.807) is 0 Å². The number of phenols is 1. The summed E-state index contributed by atoms with van der Waals surface area (Å²) in [6, 6.07) is 5.95. The third kappa shape index (κ3) is 1.73. The average molecular weight is 258 g/mol. The lowest BCUT2D eigenvalue weighted by molar-refractivity contribution is 0.0566. The van der Waals surface area contributed by atoms with Gasteiger partial charge in [-0.2, -0.15) is 0 Å². The number of benzene rings is 1. The maximum Gasteiger partial charge on any atom is 0.115 e. The zero-order valence-corrected chi connectivity index (χ0v) is 11.3.